The fourth-order valence-electron chi connectivity index (χ4n) is 3.28. The topological polar surface area (TPSA) is 18.5 Å². The molecule has 0 spiro atoms. The molecule has 26 heavy (non-hydrogen) atoms. The van der Waals surface area contributed by atoms with Crippen LogP contribution in [0.4, 0.5) is 0 Å². The van der Waals surface area contributed by atoms with Crippen molar-refractivity contribution in [2.24, 2.45) is 17.3 Å². The largest absolute Gasteiger partial charge is 0.381 e. The van der Waals surface area contributed by atoms with E-state index in [9.17, 15) is 0 Å². The summed E-state index contributed by atoms with van der Waals surface area (Å²) >= 11 is 3.51. The summed E-state index contributed by atoms with van der Waals surface area (Å²) in [4.78, 5) is 0. The van der Waals surface area contributed by atoms with Gasteiger partial charge in [0, 0.05) is 22.4 Å². The highest BCUT2D eigenvalue weighted by atomic mass is 79.9. The van der Waals surface area contributed by atoms with Gasteiger partial charge in [-0.2, -0.15) is 0 Å². The van der Waals surface area contributed by atoms with Crippen molar-refractivity contribution in [1.29, 1.82) is 0 Å². The zero-order valence-electron chi connectivity index (χ0n) is 17.6. The number of halogens is 1. The van der Waals surface area contributed by atoms with Gasteiger partial charge in [-0.1, -0.05) is 94.0 Å². The van der Waals surface area contributed by atoms with Crippen LogP contribution >= 0.6 is 15.9 Å². The molecule has 0 aromatic heterocycles. The molecule has 0 amide bonds. The Morgan fingerprint density at radius 3 is 2.23 bits per heavy atom. The van der Waals surface area contributed by atoms with E-state index in [0.717, 1.165) is 26.4 Å². The molecule has 0 aromatic rings. The lowest BCUT2D eigenvalue weighted by atomic mass is 9.81. The summed E-state index contributed by atoms with van der Waals surface area (Å²) < 4.78 is 12.1. The fraction of sp³-hybridized carbons (Fsp3) is 0.826. The third-order valence-corrected chi connectivity index (χ3v) is 6.40. The van der Waals surface area contributed by atoms with Crippen LogP contribution in [0.3, 0.4) is 0 Å². The Morgan fingerprint density at radius 2 is 1.73 bits per heavy atom. The van der Waals surface area contributed by atoms with Crippen molar-refractivity contribution in [3.63, 3.8) is 0 Å². The van der Waals surface area contributed by atoms with Crippen LogP contribution in [0.1, 0.15) is 79.1 Å². The van der Waals surface area contributed by atoms with E-state index in [4.69, 9.17) is 9.47 Å². The standard InChI is InChI=1S/C16H27BrO.C7H14O/c1-3-4-5-6-7-8-11-18-13-15-9-10-16(17)12-14(15)2;1-3-7(4-2)5-8-6-7/h9-10,12,14-15H,3-8,11,13H2,1-2H3;3-6H2,1-2H3. The Bertz CT molecular complexity index is 399. The smallest absolute Gasteiger partial charge is 0.0544 e. The first-order valence-corrected chi connectivity index (χ1v) is 11.6. The van der Waals surface area contributed by atoms with E-state index in [-0.39, 0.29) is 0 Å². The Morgan fingerprint density at radius 1 is 1.08 bits per heavy atom. The van der Waals surface area contributed by atoms with Crippen molar-refractivity contribution in [3.05, 3.63) is 22.7 Å². The first-order valence-electron chi connectivity index (χ1n) is 10.8. The van der Waals surface area contributed by atoms with Gasteiger partial charge in [-0.25, -0.2) is 0 Å². The van der Waals surface area contributed by atoms with Gasteiger partial charge < -0.3 is 9.47 Å². The molecule has 2 nitrogen and oxygen atoms in total. The Hall–Kier alpha value is -0.120. The zero-order valence-corrected chi connectivity index (χ0v) is 19.2. The quantitative estimate of drug-likeness (QED) is 0.321. The van der Waals surface area contributed by atoms with Crippen LogP contribution in [0.25, 0.3) is 0 Å². The minimum atomic E-state index is 0.548. The van der Waals surface area contributed by atoms with E-state index in [1.54, 1.807) is 0 Å². The first kappa shape index (κ1) is 23.9. The second-order valence-corrected chi connectivity index (χ2v) is 8.89. The van der Waals surface area contributed by atoms with Crippen LogP contribution < -0.4 is 0 Å². The molecule has 2 atom stereocenters. The summed E-state index contributed by atoms with van der Waals surface area (Å²) in [6.45, 7) is 12.8. The normalized spacial score (nSPS) is 23.7. The van der Waals surface area contributed by atoms with E-state index in [1.165, 1.54) is 55.8 Å². The van der Waals surface area contributed by atoms with Crippen LogP contribution in [0.15, 0.2) is 22.7 Å². The van der Waals surface area contributed by atoms with E-state index < -0.39 is 0 Å². The van der Waals surface area contributed by atoms with Crippen LogP contribution in [0.5, 0.6) is 0 Å². The molecular weight excluding hydrogens is 388 g/mol. The van der Waals surface area contributed by atoms with Crippen molar-refractivity contribution in [3.8, 4) is 0 Å². The molecule has 2 aliphatic rings. The maximum Gasteiger partial charge on any atom is 0.0544 e. The number of allylic oxidation sites excluding steroid dienone is 3. The lowest BCUT2D eigenvalue weighted by Crippen LogP contribution is -2.41. The van der Waals surface area contributed by atoms with E-state index in [2.05, 4.69) is 61.9 Å². The Labute approximate surface area is 170 Å². The van der Waals surface area contributed by atoms with Crippen LogP contribution in [-0.2, 0) is 9.47 Å². The third-order valence-electron chi connectivity index (χ3n) is 5.87. The molecule has 0 aromatic carbocycles. The summed E-state index contributed by atoms with van der Waals surface area (Å²) in [6, 6.07) is 0. The van der Waals surface area contributed by atoms with Crippen molar-refractivity contribution in [1.82, 2.24) is 0 Å². The molecular formula is C23H41BrO2. The van der Waals surface area contributed by atoms with Gasteiger partial charge in [-0.05, 0) is 25.2 Å². The molecule has 1 aliphatic carbocycles. The highest BCUT2D eigenvalue weighted by Gasteiger charge is 2.34. The van der Waals surface area contributed by atoms with Gasteiger partial charge in [-0.15, -0.1) is 0 Å². The molecule has 1 fully saturated rings. The second kappa shape index (κ2) is 14.0. The molecule has 0 bridgehead atoms. The van der Waals surface area contributed by atoms with Crippen molar-refractivity contribution in [2.45, 2.75) is 79.1 Å². The monoisotopic (exact) mass is 428 g/mol. The summed E-state index contributed by atoms with van der Waals surface area (Å²) in [7, 11) is 0. The van der Waals surface area contributed by atoms with Crippen LogP contribution in [0, 0.1) is 17.3 Å². The average Bonchev–Trinajstić information content (AvgIpc) is 2.59. The second-order valence-electron chi connectivity index (χ2n) is 7.98. The molecule has 0 N–H and O–H groups in total. The summed E-state index contributed by atoms with van der Waals surface area (Å²) in [5.41, 5.74) is 0.583. The summed E-state index contributed by atoms with van der Waals surface area (Å²) in [6.07, 6.45) is 17.2. The number of hydrogen-bond donors (Lipinski definition) is 0. The Kier molecular flexibility index (Phi) is 12.8. The SMILES string of the molecule is CCC1(CC)COC1.CCCCCCCCOCC1C=CC(Br)=CC1C. The number of unbranched alkanes of at least 4 members (excludes halogenated alkanes) is 5. The number of rotatable bonds is 11. The molecule has 152 valence electrons. The van der Waals surface area contributed by atoms with Gasteiger partial charge in [0.15, 0.2) is 0 Å². The minimum absolute atomic E-state index is 0.548. The van der Waals surface area contributed by atoms with Crippen LogP contribution in [-0.4, -0.2) is 26.4 Å². The van der Waals surface area contributed by atoms with Crippen molar-refractivity contribution < 1.29 is 9.47 Å². The molecule has 2 unspecified atom stereocenters. The summed E-state index contributed by atoms with van der Waals surface area (Å²) in [5, 5.41) is 0. The van der Waals surface area contributed by atoms with Gasteiger partial charge in [-0.3, -0.25) is 0 Å². The molecule has 1 heterocycles. The number of hydrogen-bond acceptors (Lipinski definition) is 2. The highest BCUT2D eigenvalue weighted by Crippen LogP contribution is 2.34. The van der Waals surface area contributed by atoms with Crippen molar-refractivity contribution >= 4 is 15.9 Å². The maximum absolute atomic E-state index is 5.79. The highest BCUT2D eigenvalue weighted by molar-refractivity contribution is 9.11. The van der Waals surface area contributed by atoms with E-state index in [0.29, 0.717) is 17.3 Å². The van der Waals surface area contributed by atoms with E-state index in [1.807, 2.05) is 0 Å². The summed E-state index contributed by atoms with van der Waals surface area (Å²) in [5.74, 6) is 1.13. The minimum Gasteiger partial charge on any atom is -0.381 e. The zero-order chi connectivity index (χ0) is 19.3. The lowest BCUT2D eigenvalue weighted by molar-refractivity contribution is -0.116. The van der Waals surface area contributed by atoms with E-state index >= 15 is 0 Å². The Balaban J connectivity index is 0.000000350. The van der Waals surface area contributed by atoms with Gasteiger partial charge in [0.1, 0.15) is 0 Å². The van der Waals surface area contributed by atoms with Crippen LogP contribution in [0.2, 0.25) is 0 Å². The first-order chi connectivity index (χ1) is 12.6. The van der Waals surface area contributed by atoms with Gasteiger partial charge in [0.25, 0.3) is 0 Å². The predicted octanol–water partition coefficient (Wildman–Crippen LogP) is 7.29. The maximum atomic E-state index is 5.79. The molecule has 0 radical (unpaired) electrons. The lowest BCUT2D eigenvalue weighted by Gasteiger charge is -2.39. The molecule has 0 saturated carbocycles. The molecule has 2 rings (SSSR count). The van der Waals surface area contributed by atoms with Crippen molar-refractivity contribution in [2.75, 3.05) is 26.4 Å². The van der Waals surface area contributed by atoms with Gasteiger partial charge in [0.05, 0.1) is 19.8 Å². The fourth-order valence-corrected chi connectivity index (χ4v) is 3.85. The van der Waals surface area contributed by atoms with Gasteiger partial charge in [0.2, 0.25) is 0 Å². The molecule has 3 heteroatoms. The third kappa shape index (κ3) is 9.19. The number of ether oxygens (including phenoxy) is 2. The molecule has 1 aliphatic heterocycles. The van der Waals surface area contributed by atoms with Gasteiger partial charge >= 0.3 is 0 Å². The average molecular weight is 429 g/mol. The molecule has 1 saturated heterocycles. The predicted molar refractivity (Wildman–Crippen MR) is 117 cm³/mol.